The van der Waals surface area contributed by atoms with Crippen molar-refractivity contribution in [2.24, 2.45) is 4.99 Å². The van der Waals surface area contributed by atoms with Crippen LogP contribution in [-0.4, -0.2) is 62.9 Å². The van der Waals surface area contributed by atoms with Gasteiger partial charge in [-0.15, -0.1) is 0 Å². The van der Waals surface area contributed by atoms with Crippen molar-refractivity contribution in [3.63, 3.8) is 0 Å². The van der Waals surface area contributed by atoms with Crippen LogP contribution in [0.3, 0.4) is 0 Å². The van der Waals surface area contributed by atoms with Gasteiger partial charge in [-0.1, -0.05) is 12.1 Å². The number of aliphatic imine (C=N–C) groups is 1. The SMILES string of the molecule is CN=C(NCCCC(=O)NC1CC1)NCCc1cccc(C(=O)N(C)C)c1. The summed E-state index contributed by atoms with van der Waals surface area (Å²) in [4.78, 5) is 29.5. The molecule has 1 aliphatic carbocycles. The fourth-order valence-corrected chi connectivity index (χ4v) is 2.65. The van der Waals surface area contributed by atoms with Crippen LogP contribution in [0.2, 0.25) is 0 Å². The number of hydrogen-bond acceptors (Lipinski definition) is 3. The Morgan fingerprint density at radius 3 is 2.59 bits per heavy atom. The van der Waals surface area contributed by atoms with Gasteiger partial charge in [0.2, 0.25) is 5.91 Å². The van der Waals surface area contributed by atoms with Crippen molar-refractivity contribution in [1.82, 2.24) is 20.9 Å². The van der Waals surface area contributed by atoms with Crippen LogP contribution in [0.4, 0.5) is 0 Å². The van der Waals surface area contributed by atoms with Gasteiger partial charge in [0.1, 0.15) is 0 Å². The molecule has 1 aromatic rings. The molecule has 148 valence electrons. The Labute approximate surface area is 161 Å². The van der Waals surface area contributed by atoms with Gasteiger partial charge in [-0.25, -0.2) is 0 Å². The van der Waals surface area contributed by atoms with Gasteiger partial charge in [-0.05, 0) is 43.4 Å². The molecule has 0 atom stereocenters. The van der Waals surface area contributed by atoms with Crippen molar-refractivity contribution in [2.75, 3.05) is 34.2 Å². The maximum absolute atomic E-state index is 12.0. The van der Waals surface area contributed by atoms with Crippen molar-refractivity contribution in [3.8, 4) is 0 Å². The summed E-state index contributed by atoms with van der Waals surface area (Å²) in [6.45, 7) is 1.41. The number of amides is 2. The number of rotatable bonds is 9. The molecule has 0 aliphatic heterocycles. The molecule has 7 heteroatoms. The van der Waals surface area contributed by atoms with Crippen molar-refractivity contribution in [2.45, 2.75) is 38.1 Å². The van der Waals surface area contributed by atoms with Crippen LogP contribution < -0.4 is 16.0 Å². The summed E-state index contributed by atoms with van der Waals surface area (Å²) in [6.07, 6.45) is 4.33. The van der Waals surface area contributed by atoms with Gasteiger partial charge in [0.05, 0.1) is 0 Å². The molecular weight excluding hydrogens is 342 g/mol. The molecule has 0 unspecified atom stereocenters. The average Bonchev–Trinajstić information content (AvgIpc) is 3.47. The second kappa shape index (κ2) is 10.5. The lowest BCUT2D eigenvalue weighted by atomic mass is 10.1. The zero-order valence-electron chi connectivity index (χ0n) is 16.5. The number of nitrogens with zero attached hydrogens (tertiary/aromatic N) is 2. The summed E-state index contributed by atoms with van der Waals surface area (Å²) in [5, 5.41) is 9.47. The molecule has 7 nitrogen and oxygen atoms in total. The zero-order chi connectivity index (χ0) is 19.6. The lowest BCUT2D eigenvalue weighted by Crippen LogP contribution is -2.39. The topological polar surface area (TPSA) is 85.8 Å². The Hall–Kier alpha value is -2.57. The lowest BCUT2D eigenvalue weighted by Gasteiger charge is -2.13. The third-order valence-corrected chi connectivity index (χ3v) is 4.33. The second-order valence-corrected chi connectivity index (χ2v) is 7.02. The Kier molecular flexibility index (Phi) is 8.10. The summed E-state index contributed by atoms with van der Waals surface area (Å²) in [5.74, 6) is 0.862. The van der Waals surface area contributed by atoms with Gasteiger partial charge in [-0.2, -0.15) is 0 Å². The Bertz CT molecular complexity index is 668. The van der Waals surface area contributed by atoms with Gasteiger partial charge in [-0.3, -0.25) is 14.6 Å². The van der Waals surface area contributed by atoms with E-state index in [-0.39, 0.29) is 11.8 Å². The largest absolute Gasteiger partial charge is 0.356 e. The molecule has 0 radical (unpaired) electrons. The minimum Gasteiger partial charge on any atom is -0.356 e. The minimum absolute atomic E-state index is 0.00741. The summed E-state index contributed by atoms with van der Waals surface area (Å²) < 4.78 is 0. The van der Waals surface area contributed by atoms with E-state index < -0.39 is 0 Å². The van der Waals surface area contributed by atoms with Crippen molar-refractivity contribution < 1.29 is 9.59 Å². The van der Waals surface area contributed by atoms with E-state index in [2.05, 4.69) is 20.9 Å². The van der Waals surface area contributed by atoms with E-state index in [1.807, 2.05) is 24.3 Å². The van der Waals surface area contributed by atoms with Crippen LogP contribution in [0, 0.1) is 0 Å². The normalized spacial score (nSPS) is 13.8. The second-order valence-electron chi connectivity index (χ2n) is 7.02. The summed E-state index contributed by atoms with van der Waals surface area (Å²) in [7, 11) is 5.23. The quantitative estimate of drug-likeness (QED) is 0.344. The molecule has 1 aromatic carbocycles. The standard InChI is InChI=1S/C20H31N5O2/c1-21-20(22-12-5-8-18(26)24-17-9-10-17)23-13-11-15-6-4-7-16(14-15)19(27)25(2)3/h4,6-7,14,17H,5,8-13H2,1-3H3,(H,24,26)(H2,21,22,23). The number of benzene rings is 1. The maximum atomic E-state index is 12.0. The zero-order valence-corrected chi connectivity index (χ0v) is 16.5. The highest BCUT2D eigenvalue weighted by molar-refractivity contribution is 5.94. The molecular formula is C20H31N5O2. The van der Waals surface area contributed by atoms with Crippen molar-refractivity contribution in [1.29, 1.82) is 0 Å². The molecule has 2 amide bonds. The van der Waals surface area contributed by atoms with E-state index in [4.69, 9.17) is 0 Å². The summed E-state index contributed by atoms with van der Waals surface area (Å²) in [6, 6.07) is 8.11. The van der Waals surface area contributed by atoms with Crippen LogP contribution in [0.15, 0.2) is 29.3 Å². The number of guanidine groups is 1. The molecule has 0 spiro atoms. The van der Waals surface area contributed by atoms with Crippen LogP contribution in [-0.2, 0) is 11.2 Å². The van der Waals surface area contributed by atoms with E-state index in [1.165, 1.54) is 0 Å². The number of nitrogens with one attached hydrogen (secondary N) is 3. The lowest BCUT2D eigenvalue weighted by molar-refractivity contribution is -0.121. The molecule has 0 bridgehead atoms. The monoisotopic (exact) mass is 373 g/mol. The van der Waals surface area contributed by atoms with Crippen LogP contribution >= 0.6 is 0 Å². The fraction of sp³-hybridized carbons (Fsp3) is 0.550. The molecule has 0 saturated heterocycles. The predicted octanol–water partition coefficient (Wildman–Crippen LogP) is 1.15. The third-order valence-electron chi connectivity index (χ3n) is 4.33. The van der Waals surface area contributed by atoms with E-state index in [0.29, 0.717) is 31.1 Å². The number of hydrogen-bond donors (Lipinski definition) is 3. The molecule has 1 saturated carbocycles. The first-order valence-corrected chi connectivity index (χ1v) is 9.54. The van der Waals surface area contributed by atoms with Gasteiger partial charge < -0.3 is 20.9 Å². The van der Waals surface area contributed by atoms with E-state index in [9.17, 15) is 9.59 Å². The summed E-state index contributed by atoms with van der Waals surface area (Å²) in [5.41, 5.74) is 1.80. The molecule has 3 N–H and O–H groups in total. The third kappa shape index (κ3) is 7.68. The minimum atomic E-state index is 0.00741. The first-order valence-electron chi connectivity index (χ1n) is 9.54. The molecule has 1 fully saturated rings. The maximum Gasteiger partial charge on any atom is 0.253 e. The average molecular weight is 374 g/mol. The Morgan fingerprint density at radius 1 is 1.19 bits per heavy atom. The first-order chi connectivity index (χ1) is 13.0. The van der Waals surface area contributed by atoms with Crippen LogP contribution in [0.25, 0.3) is 0 Å². The first kappa shape index (κ1) is 20.7. The number of carbonyl (C=O) groups excluding carboxylic acids is 2. The summed E-state index contributed by atoms with van der Waals surface area (Å²) >= 11 is 0. The predicted molar refractivity (Wildman–Crippen MR) is 108 cm³/mol. The highest BCUT2D eigenvalue weighted by Gasteiger charge is 2.22. The molecule has 0 aromatic heterocycles. The molecule has 1 aliphatic rings. The number of carbonyl (C=O) groups is 2. The molecule has 0 heterocycles. The Balaban J connectivity index is 1.66. The van der Waals surface area contributed by atoms with Crippen LogP contribution in [0.5, 0.6) is 0 Å². The molecule has 2 rings (SSSR count). The van der Waals surface area contributed by atoms with Gasteiger partial charge in [0.15, 0.2) is 5.96 Å². The van der Waals surface area contributed by atoms with E-state index in [1.54, 1.807) is 26.0 Å². The highest BCUT2D eigenvalue weighted by Crippen LogP contribution is 2.18. The van der Waals surface area contributed by atoms with Gasteiger partial charge in [0.25, 0.3) is 5.91 Å². The fourth-order valence-electron chi connectivity index (χ4n) is 2.65. The Morgan fingerprint density at radius 2 is 1.93 bits per heavy atom. The molecule has 27 heavy (non-hydrogen) atoms. The van der Waals surface area contributed by atoms with E-state index in [0.717, 1.165) is 37.2 Å². The van der Waals surface area contributed by atoms with Crippen LogP contribution in [0.1, 0.15) is 41.6 Å². The van der Waals surface area contributed by atoms with Gasteiger partial charge in [0, 0.05) is 52.3 Å². The smallest absolute Gasteiger partial charge is 0.253 e. The highest BCUT2D eigenvalue weighted by atomic mass is 16.2. The van der Waals surface area contributed by atoms with Crippen molar-refractivity contribution in [3.05, 3.63) is 35.4 Å². The van der Waals surface area contributed by atoms with Gasteiger partial charge >= 0.3 is 0 Å². The van der Waals surface area contributed by atoms with E-state index >= 15 is 0 Å². The van der Waals surface area contributed by atoms with Crippen molar-refractivity contribution >= 4 is 17.8 Å².